The zero-order chi connectivity index (χ0) is 9.68. The first-order valence-electron chi connectivity index (χ1n) is 3.77. The first-order chi connectivity index (χ1) is 6.24. The maximum Gasteiger partial charge on any atom is 0.176 e. The van der Waals surface area contributed by atoms with Gasteiger partial charge in [0.2, 0.25) is 0 Å². The molecule has 0 spiro atoms. The van der Waals surface area contributed by atoms with Crippen molar-refractivity contribution in [3.63, 3.8) is 0 Å². The molecule has 1 aromatic rings. The van der Waals surface area contributed by atoms with Crippen molar-refractivity contribution in [2.24, 2.45) is 0 Å². The van der Waals surface area contributed by atoms with Crippen LogP contribution in [0.25, 0.3) is 0 Å². The highest BCUT2D eigenvalue weighted by molar-refractivity contribution is 5.97. The number of carbonyl (C=O) groups excluding carboxylic acids is 1. The second-order valence-corrected chi connectivity index (χ2v) is 2.42. The fourth-order valence-electron chi connectivity index (χ4n) is 0.835. The Morgan fingerprint density at radius 3 is 3.00 bits per heavy atom. The van der Waals surface area contributed by atoms with E-state index in [9.17, 15) is 9.18 Å². The molecule has 0 aliphatic carbocycles. The number of aromatic nitrogens is 1. The van der Waals surface area contributed by atoms with Gasteiger partial charge in [0.15, 0.2) is 5.78 Å². The third kappa shape index (κ3) is 2.68. The average Bonchev–Trinajstić information content (AvgIpc) is 2.14. The molecule has 0 fully saturated rings. The third-order valence-corrected chi connectivity index (χ3v) is 1.45. The van der Waals surface area contributed by atoms with E-state index in [-0.39, 0.29) is 17.8 Å². The molecule has 0 aliphatic rings. The van der Waals surface area contributed by atoms with Crippen LogP contribution in [0, 0.1) is 17.7 Å². The monoisotopic (exact) mass is 177 g/mol. The van der Waals surface area contributed by atoms with Gasteiger partial charge < -0.3 is 0 Å². The SMILES string of the molecule is CC#CCC(=O)c1cncc(F)c1. The van der Waals surface area contributed by atoms with Gasteiger partial charge in [-0.25, -0.2) is 4.39 Å². The Balaban J connectivity index is 2.81. The summed E-state index contributed by atoms with van der Waals surface area (Å²) in [4.78, 5) is 14.8. The van der Waals surface area contributed by atoms with Gasteiger partial charge in [-0.2, -0.15) is 0 Å². The van der Waals surface area contributed by atoms with Crippen LogP contribution in [0.5, 0.6) is 0 Å². The Kier molecular flexibility index (Phi) is 3.15. The van der Waals surface area contributed by atoms with Crippen molar-refractivity contribution in [1.82, 2.24) is 4.98 Å². The van der Waals surface area contributed by atoms with Crippen LogP contribution in [-0.2, 0) is 0 Å². The summed E-state index contributed by atoms with van der Waals surface area (Å²) in [6.07, 6.45) is 2.51. The molecule has 0 atom stereocenters. The van der Waals surface area contributed by atoms with E-state index in [1.807, 2.05) is 0 Å². The lowest BCUT2D eigenvalue weighted by molar-refractivity contribution is 0.0997. The summed E-state index contributed by atoms with van der Waals surface area (Å²) in [7, 11) is 0. The van der Waals surface area contributed by atoms with Gasteiger partial charge in [-0.05, 0) is 13.0 Å². The summed E-state index contributed by atoms with van der Waals surface area (Å²) in [6, 6.07) is 1.16. The van der Waals surface area contributed by atoms with Gasteiger partial charge in [-0.3, -0.25) is 9.78 Å². The minimum Gasteiger partial charge on any atom is -0.293 e. The van der Waals surface area contributed by atoms with Crippen LogP contribution in [0.15, 0.2) is 18.5 Å². The van der Waals surface area contributed by atoms with E-state index in [2.05, 4.69) is 16.8 Å². The van der Waals surface area contributed by atoms with Crippen molar-refractivity contribution in [2.75, 3.05) is 0 Å². The maximum absolute atomic E-state index is 12.6. The lowest BCUT2D eigenvalue weighted by Gasteiger charge is -1.94. The lowest BCUT2D eigenvalue weighted by atomic mass is 10.1. The van der Waals surface area contributed by atoms with E-state index in [0.29, 0.717) is 0 Å². The highest BCUT2D eigenvalue weighted by Gasteiger charge is 2.04. The molecule has 0 radical (unpaired) electrons. The summed E-state index contributed by atoms with van der Waals surface area (Å²) >= 11 is 0. The molecule has 0 saturated carbocycles. The van der Waals surface area contributed by atoms with Crippen LogP contribution in [-0.4, -0.2) is 10.8 Å². The fourth-order valence-corrected chi connectivity index (χ4v) is 0.835. The summed E-state index contributed by atoms with van der Waals surface area (Å²) in [5, 5.41) is 0. The number of hydrogen-bond donors (Lipinski definition) is 0. The Hall–Kier alpha value is -1.69. The summed E-state index contributed by atoms with van der Waals surface area (Å²) < 4.78 is 12.6. The van der Waals surface area contributed by atoms with Crippen LogP contribution in [0.3, 0.4) is 0 Å². The van der Waals surface area contributed by atoms with Crippen molar-refractivity contribution in [1.29, 1.82) is 0 Å². The molecule has 13 heavy (non-hydrogen) atoms. The number of ketones is 1. The molecule has 66 valence electrons. The second-order valence-electron chi connectivity index (χ2n) is 2.42. The van der Waals surface area contributed by atoms with Gasteiger partial charge in [0.05, 0.1) is 12.6 Å². The van der Waals surface area contributed by atoms with Gasteiger partial charge >= 0.3 is 0 Å². The molecule has 0 unspecified atom stereocenters. The Morgan fingerprint density at radius 2 is 2.38 bits per heavy atom. The van der Waals surface area contributed by atoms with Gasteiger partial charge in [0.25, 0.3) is 0 Å². The van der Waals surface area contributed by atoms with E-state index in [1.165, 1.54) is 6.20 Å². The van der Waals surface area contributed by atoms with Crippen molar-refractivity contribution in [3.05, 3.63) is 29.8 Å². The van der Waals surface area contributed by atoms with E-state index < -0.39 is 5.82 Å². The van der Waals surface area contributed by atoms with Crippen molar-refractivity contribution < 1.29 is 9.18 Å². The largest absolute Gasteiger partial charge is 0.293 e. The molecule has 0 N–H and O–H groups in total. The summed E-state index contributed by atoms with van der Waals surface area (Å²) in [6.45, 7) is 1.65. The Bertz CT molecular complexity index is 376. The number of halogens is 1. The number of Topliss-reactive ketones (excluding diaryl/α,β-unsaturated/α-hetero) is 1. The number of pyridine rings is 1. The lowest BCUT2D eigenvalue weighted by Crippen LogP contribution is -1.98. The first-order valence-corrected chi connectivity index (χ1v) is 3.77. The smallest absolute Gasteiger partial charge is 0.176 e. The van der Waals surface area contributed by atoms with Crippen LogP contribution in [0.1, 0.15) is 23.7 Å². The first kappa shape index (κ1) is 9.40. The zero-order valence-corrected chi connectivity index (χ0v) is 7.17. The van der Waals surface area contributed by atoms with Gasteiger partial charge in [0, 0.05) is 11.8 Å². The van der Waals surface area contributed by atoms with Gasteiger partial charge in [-0.15, -0.1) is 5.92 Å². The standard InChI is InChI=1S/C10H8FNO/c1-2-3-4-10(13)8-5-9(11)7-12-6-8/h5-7H,4H2,1H3. The highest BCUT2D eigenvalue weighted by Crippen LogP contribution is 2.03. The molecule has 1 rings (SSSR count). The maximum atomic E-state index is 12.6. The van der Waals surface area contributed by atoms with Crippen molar-refractivity contribution in [3.8, 4) is 11.8 Å². The molecule has 0 amide bonds. The predicted molar refractivity (Wildman–Crippen MR) is 46.6 cm³/mol. The number of rotatable bonds is 2. The van der Waals surface area contributed by atoms with E-state index >= 15 is 0 Å². The topological polar surface area (TPSA) is 30.0 Å². The third-order valence-electron chi connectivity index (χ3n) is 1.45. The molecule has 0 aromatic carbocycles. The molecule has 3 heteroatoms. The molecule has 0 bridgehead atoms. The van der Waals surface area contributed by atoms with Crippen LogP contribution in [0.4, 0.5) is 4.39 Å². The number of carbonyl (C=O) groups is 1. The summed E-state index contributed by atoms with van der Waals surface area (Å²) in [5.74, 6) is 4.50. The summed E-state index contributed by atoms with van der Waals surface area (Å²) in [5.41, 5.74) is 0.266. The highest BCUT2D eigenvalue weighted by atomic mass is 19.1. The molecule has 0 saturated heterocycles. The quantitative estimate of drug-likeness (QED) is 0.509. The van der Waals surface area contributed by atoms with E-state index in [4.69, 9.17) is 0 Å². The van der Waals surface area contributed by atoms with E-state index in [1.54, 1.807) is 6.92 Å². The average molecular weight is 177 g/mol. The number of hydrogen-bond acceptors (Lipinski definition) is 2. The molecule has 1 aromatic heterocycles. The Morgan fingerprint density at radius 1 is 1.62 bits per heavy atom. The molecule has 2 nitrogen and oxygen atoms in total. The van der Waals surface area contributed by atoms with E-state index in [0.717, 1.165) is 12.3 Å². The minimum atomic E-state index is -0.504. The molecular formula is C10H8FNO. The van der Waals surface area contributed by atoms with Crippen molar-refractivity contribution >= 4 is 5.78 Å². The molecule has 1 heterocycles. The van der Waals surface area contributed by atoms with Gasteiger partial charge in [-0.1, -0.05) is 5.92 Å². The van der Waals surface area contributed by atoms with Crippen LogP contribution in [0.2, 0.25) is 0 Å². The zero-order valence-electron chi connectivity index (χ0n) is 7.17. The normalized spacial score (nSPS) is 8.77. The molecule has 0 aliphatic heterocycles. The van der Waals surface area contributed by atoms with Crippen molar-refractivity contribution in [2.45, 2.75) is 13.3 Å². The van der Waals surface area contributed by atoms with Crippen LogP contribution >= 0.6 is 0 Å². The molecular weight excluding hydrogens is 169 g/mol. The minimum absolute atomic E-state index is 0.113. The fraction of sp³-hybridized carbons (Fsp3) is 0.200. The number of nitrogens with zero attached hydrogens (tertiary/aromatic N) is 1. The Labute approximate surface area is 75.8 Å². The second kappa shape index (κ2) is 4.36. The van der Waals surface area contributed by atoms with Gasteiger partial charge in [0.1, 0.15) is 5.82 Å². The van der Waals surface area contributed by atoms with Crippen LogP contribution < -0.4 is 0 Å². The predicted octanol–water partition coefficient (Wildman–Crippen LogP) is 1.82.